The molecule has 0 radical (unpaired) electrons. The standard InChI is InChI=1S/C21H24N2O6/c1-11-14(18(25)29-20(2,3)4)21(19(26)28-11)12-9-7-8-10-13(12)23(5)16(22)15(21)17(24)27-6/h7-10H,22H2,1-6H3/t21-/m1/s1. The van der Waals surface area contributed by atoms with Crippen LogP contribution in [0.15, 0.2) is 47.0 Å². The average molecular weight is 400 g/mol. The van der Waals surface area contributed by atoms with E-state index in [1.165, 1.54) is 14.0 Å². The molecule has 3 rings (SSSR count). The van der Waals surface area contributed by atoms with Crippen molar-refractivity contribution < 1.29 is 28.6 Å². The van der Waals surface area contributed by atoms with Crippen LogP contribution in [0.25, 0.3) is 0 Å². The summed E-state index contributed by atoms with van der Waals surface area (Å²) in [7, 11) is 2.84. The number of nitrogens with zero attached hydrogens (tertiary/aromatic N) is 1. The Bertz CT molecular complexity index is 985. The van der Waals surface area contributed by atoms with E-state index in [1.807, 2.05) is 0 Å². The summed E-state index contributed by atoms with van der Waals surface area (Å²) in [5, 5.41) is 0. The summed E-state index contributed by atoms with van der Waals surface area (Å²) in [5.41, 5.74) is 4.27. The van der Waals surface area contributed by atoms with Gasteiger partial charge in [-0.3, -0.25) is 0 Å². The first-order chi connectivity index (χ1) is 13.5. The van der Waals surface area contributed by atoms with Crippen molar-refractivity contribution in [2.24, 2.45) is 5.73 Å². The summed E-state index contributed by atoms with van der Waals surface area (Å²) in [4.78, 5) is 40.9. The summed E-state index contributed by atoms with van der Waals surface area (Å²) in [6.07, 6.45) is 0. The number of para-hydroxylation sites is 1. The van der Waals surface area contributed by atoms with E-state index in [-0.39, 0.29) is 22.7 Å². The van der Waals surface area contributed by atoms with Gasteiger partial charge in [-0.25, -0.2) is 14.4 Å². The second-order valence-electron chi connectivity index (χ2n) is 7.90. The van der Waals surface area contributed by atoms with E-state index >= 15 is 0 Å². The number of allylic oxidation sites excluding steroid dienone is 1. The molecule has 2 N–H and O–H groups in total. The number of fused-ring (bicyclic) bond motifs is 2. The molecule has 0 aliphatic carbocycles. The summed E-state index contributed by atoms with van der Waals surface area (Å²) < 4.78 is 15.9. The Kier molecular flexibility index (Phi) is 4.69. The van der Waals surface area contributed by atoms with Gasteiger partial charge in [-0.1, -0.05) is 18.2 Å². The summed E-state index contributed by atoms with van der Waals surface area (Å²) in [5.74, 6) is -2.37. The molecule has 1 aromatic carbocycles. The topological polar surface area (TPSA) is 108 Å². The Labute approximate surface area is 168 Å². The Balaban J connectivity index is 2.41. The monoisotopic (exact) mass is 400 g/mol. The summed E-state index contributed by atoms with van der Waals surface area (Å²) >= 11 is 0. The highest BCUT2D eigenvalue weighted by Crippen LogP contribution is 2.53. The smallest absolute Gasteiger partial charge is 0.339 e. The zero-order valence-corrected chi connectivity index (χ0v) is 17.3. The molecule has 0 aromatic heterocycles. The van der Waals surface area contributed by atoms with E-state index in [9.17, 15) is 14.4 Å². The van der Waals surface area contributed by atoms with Crippen molar-refractivity contribution in [2.45, 2.75) is 38.7 Å². The van der Waals surface area contributed by atoms with E-state index in [4.69, 9.17) is 19.9 Å². The third-order valence-corrected chi connectivity index (χ3v) is 4.93. The zero-order chi connectivity index (χ0) is 21.7. The van der Waals surface area contributed by atoms with Crippen molar-refractivity contribution in [1.29, 1.82) is 0 Å². The number of hydrogen-bond acceptors (Lipinski definition) is 8. The number of methoxy groups -OCH3 is 1. The molecule has 0 saturated carbocycles. The number of hydrogen-bond donors (Lipinski definition) is 1. The number of nitrogens with two attached hydrogens (primary N) is 1. The lowest BCUT2D eigenvalue weighted by molar-refractivity contribution is -0.152. The van der Waals surface area contributed by atoms with Gasteiger partial charge in [0.25, 0.3) is 0 Å². The van der Waals surface area contributed by atoms with Gasteiger partial charge in [-0.05, 0) is 33.8 Å². The van der Waals surface area contributed by atoms with Crippen LogP contribution in [-0.2, 0) is 34.0 Å². The molecule has 8 nitrogen and oxygen atoms in total. The third kappa shape index (κ3) is 2.86. The van der Waals surface area contributed by atoms with E-state index in [2.05, 4.69) is 0 Å². The minimum absolute atomic E-state index is 0.0109. The molecule has 1 aromatic rings. The molecule has 2 aliphatic rings. The molecule has 2 heterocycles. The predicted molar refractivity (Wildman–Crippen MR) is 104 cm³/mol. The van der Waals surface area contributed by atoms with E-state index in [1.54, 1.807) is 57.0 Å². The molecule has 0 bridgehead atoms. The minimum Gasteiger partial charge on any atom is -0.466 e. The van der Waals surface area contributed by atoms with Gasteiger partial charge in [-0.15, -0.1) is 0 Å². The SMILES string of the molecule is COC(=O)C1=C(N)N(C)c2ccccc2[C@]12C(=O)OC(C)=C2C(=O)OC(C)(C)C. The Morgan fingerprint density at radius 1 is 1.14 bits per heavy atom. The van der Waals surface area contributed by atoms with Gasteiger partial charge in [0.2, 0.25) is 0 Å². The maximum absolute atomic E-state index is 13.3. The highest BCUT2D eigenvalue weighted by atomic mass is 16.6. The lowest BCUT2D eigenvalue weighted by atomic mass is 9.66. The molecule has 2 aliphatic heterocycles. The number of cyclic esters (lactones) is 1. The Morgan fingerprint density at radius 2 is 1.76 bits per heavy atom. The zero-order valence-electron chi connectivity index (χ0n) is 17.3. The quantitative estimate of drug-likeness (QED) is 0.592. The molecule has 1 atom stereocenters. The molecule has 0 unspecified atom stereocenters. The van der Waals surface area contributed by atoms with Crippen LogP contribution in [0.4, 0.5) is 5.69 Å². The summed E-state index contributed by atoms with van der Waals surface area (Å²) in [6, 6.07) is 6.87. The molecular weight excluding hydrogens is 376 g/mol. The van der Waals surface area contributed by atoms with E-state index < -0.39 is 28.9 Å². The maximum Gasteiger partial charge on any atom is 0.339 e. The third-order valence-electron chi connectivity index (χ3n) is 4.93. The van der Waals surface area contributed by atoms with Gasteiger partial charge in [0.1, 0.15) is 28.3 Å². The van der Waals surface area contributed by atoms with Crippen molar-refractivity contribution in [3.05, 3.63) is 52.6 Å². The second kappa shape index (κ2) is 6.65. The number of ether oxygens (including phenoxy) is 3. The molecule has 154 valence electrons. The predicted octanol–water partition coefficient (Wildman–Crippen LogP) is 1.89. The first-order valence-electron chi connectivity index (χ1n) is 9.05. The molecule has 8 heteroatoms. The fourth-order valence-electron chi connectivity index (χ4n) is 3.80. The number of anilines is 1. The van der Waals surface area contributed by atoms with Crippen LogP contribution >= 0.6 is 0 Å². The van der Waals surface area contributed by atoms with Crippen molar-refractivity contribution in [3.63, 3.8) is 0 Å². The number of carbonyl (C=O) groups excluding carboxylic acids is 3. The minimum atomic E-state index is -1.88. The number of carbonyl (C=O) groups is 3. The average Bonchev–Trinajstić information content (AvgIpc) is 2.89. The first-order valence-corrected chi connectivity index (χ1v) is 9.05. The van der Waals surface area contributed by atoms with Gasteiger partial charge in [-0.2, -0.15) is 0 Å². The molecule has 29 heavy (non-hydrogen) atoms. The molecule has 0 fully saturated rings. The van der Waals surface area contributed by atoms with Crippen LogP contribution < -0.4 is 10.6 Å². The highest BCUT2D eigenvalue weighted by Gasteiger charge is 2.63. The van der Waals surface area contributed by atoms with Gasteiger partial charge < -0.3 is 24.8 Å². The van der Waals surface area contributed by atoms with Crippen molar-refractivity contribution >= 4 is 23.6 Å². The van der Waals surface area contributed by atoms with E-state index in [0.717, 1.165) is 0 Å². The lowest BCUT2D eigenvalue weighted by Gasteiger charge is -2.40. The van der Waals surface area contributed by atoms with E-state index in [0.29, 0.717) is 11.3 Å². The van der Waals surface area contributed by atoms with Crippen molar-refractivity contribution in [1.82, 2.24) is 0 Å². The Hall–Kier alpha value is -3.29. The number of rotatable bonds is 2. The first kappa shape index (κ1) is 20.4. The van der Waals surface area contributed by atoms with Crippen LogP contribution in [0.2, 0.25) is 0 Å². The highest BCUT2D eigenvalue weighted by molar-refractivity contribution is 6.16. The van der Waals surface area contributed by atoms with Gasteiger partial charge in [0, 0.05) is 18.3 Å². The molecule has 0 amide bonds. The fourth-order valence-corrected chi connectivity index (χ4v) is 3.80. The molecule has 0 saturated heterocycles. The van der Waals surface area contributed by atoms with Gasteiger partial charge in [0.05, 0.1) is 7.11 Å². The lowest BCUT2D eigenvalue weighted by Crippen LogP contribution is -2.50. The van der Waals surface area contributed by atoms with Gasteiger partial charge >= 0.3 is 17.9 Å². The molecular formula is C21H24N2O6. The Morgan fingerprint density at radius 3 is 2.34 bits per heavy atom. The normalized spacial score (nSPS) is 21.3. The fraction of sp³-hybridized carbons (Fsp3) is 0.381. The van der Waals surface area contributed by atoms with Crippen LogP contribution in [0.1, 0.15) is 33.3 Å². The second-order valence-corrected chi connectivity index (χ2v) is 7.90. The van der Waals surface area contributed by atoms with Crippen LogP contribution in [0.5, 0.6) is 0 Å². The molecule has 1 spiro atoms. The largest absolute Gasteiger partial charge is 0.466 e. The van der Waals surface area contributed by atoms with Crippen LogP contribution in [0, 0.1) is 0 Å². The van der Waals surface area contributed by atoms with Crippen LogP contribution in [-0.4, -0.2) is 37.7 Å². The van der Waals surface area contributed by atoms with Crippen molar-refractivity contribution in [3.8, 4) is 0 Å². The van der Waals surface area contributed by atoms with Crippen molar-refractivity contribution in [2.75, 3.05) is 19.1 Å². The number of benzene rings is 1. The van der Waals surface area contributed by atoms with Gasteiger partial charge in [0.15, 0.2) is 5.41 Å². The maximum atomic E-state index is 13.3. The van der Waals surface area contributed by atoms with Crippen LogP contribution in [0.3, 0.4) is 0 Å². The summed E-state index contributed by atoms with van der Waals surface area (Å²) in [6.45, 7) is 6.61. The number of esters is 3.